The quantitative estimate of drug-likeness (QED) is 0.601. The number of hydrogen-bond acceptors (Lipinski definition) is 2. The standard InChI is InChI=1S/C18H36OS/c1-13(2)14(19)16(6,7)12-17(8,9)18(10,11)20-15(3,4)5/h13H,12H2,1-11H3. The van der Waals surface area contributed by atoms with E-state index in [2.05, 4.69) is 62.3 Å². The topological polar surface area (TPSA) is 17.1 Å². The van der Waals surface area contributed by atoms with Gasteiger partial charge in [-0.05, 0) is 11.8 Å². The van der Waals surface area contributed by atoms with Gasteiger partial charge in [0.15, 0.2) is 0 Å². The van der Waals surface area contributed by atoms with E-state index in [1.54, 1.807) is 0 Å². The summed E-state index contributed by atoms with van der Waals surface area (Å²) >= 11 is 2.02. The average molecular weight is 301 g/mol. The Kier molecular flexibility index (Phi) is 6.03. The predicted octanol–water partition coefficient (Wildman–Crippen LogP) is 5.96. The first kappa shape index (κ1) is 20.0. The largest absolute Gasteiger partial charge is 0.299 e. The summed E-state index contributed by atoms with van der Waals surface area (Å²) in [4.78, 5) is 12.4. The minimum absolute atomic E-state index is 0.0962. The zero-order valence-corrected chi connectivity index (χ0v) is 16.4. The average Bonchev–Trinajstić information content (AvgIpc) is 2.10. The molecule has 0 amide bonds. The van der Waals surface area contributed by atoms with Crippen LogP contribution in [0, 0.1) is 16.7 Å². The molecule has 0 aromatic heterocycles. The lowest BCUT2D eigenvalue weighted by atomic mass is 9.66. The first-order valence-corrected chi connectivity index (χ1v) is 8.58. The van der Waals surface area contributed by atoms with Crippen LogP contribution in [0.1, 0.15) is 82.6 Å². The fourth-order valence-corrected chi connectivity index (χ4v) is 4.97. The Balaban J connectivity index is 5.20. The molecular weight excluding hydrogens is 264 g/mol. The molecule has 0 radical (unpaired) electrons. The van der Waals surface area contributed by atoms with Crippen LogP contribution >= 0.6 is 11.8 Å². The monoisotopic (exact) mass is 300 g/mol. The molecule has 0 aromatic rings. The van der Waals surface area contributed by atoms with Crippen LogP contribution in [0.3, 0.4) is 0 Å². The van der Waals surface area contributed by atoms with Crippen molar-refractivity contribution in [1.82, 2.24) is 0 Å². The van der Waals surface area contributed by atoms with Gasteiger partial charge in [0.2, 0.25) is 0 Å². The van der Waals surface area contributed by atoms with Crippen molar-refractivity contribution in [2.24, 2.45) is 16.7 Å². The van der Waals surface area contributed by atoms with Crippen LogP contribution < -0.4 is 0 Å². The zero-order valence-electron chi connectivity index (χ0n) is 15.6. The van der Waals surface area contributed by atoms with E-state index >= 15 is 0 Å². The van der Waals surface area contributed by atoms with E-state index in [0.717, 1.165) is 6.42 Å². The van der Waals surface area contributed by atoms with Crippen molar-refractivity contribution in [3.05, 3.63) is 0 Å². The number of rotatable bonds is 6. The third-order valence-electron chi connectivity index (χ3n) is 4.27. The van der Waals surface area contributed by atoms with E-state index in [0.29, 0.717) is 5.78 Å². The van der Waals surface area contributed by atoms with Crippen molar-refractivity contribution in [2.75, 3.05) is 0 Å². The van der Waals surface area contributed by atoms with Crippen molar-refractivity contribution in [3.8, 4) is 0 Å². The van der Waals surface area contributed by atoms with Crippen LogP contribution in [0.4, 0.5) is 0 Å². The highest BCUT2D eigenvalue weighted by Crippen LogP contribution is 2.52. The predicted molar refractivity (Wildman–Crippen MR) is 93.4 cm³/mol. The van der Waals surface area contributed by atoms with Gasteiger partial charge in [0.1, 0.15) is 5.78 Å². The van der Waals surface area contributed by atoms with Crippen LogP contribution in [0.5, 0.6) is 0 Å². The minimum Gasteiger partial charge on any atom is -0.299 e. The summed E-state index contributed by atoms with van der Waals surface area (Å²) in [5.41, 5.74) is -0.160. The molecule has 20 heavy (non-hydrogen) atoms. The summed E-state index contributed by atoms with van der Waals surface area (Å²) in [5, 5.41) is 0. The molecule has 0 rings (SSSR count). The van der Waals surface area contributed by atoms with Crippen molar-refractivity contribution >= 4 is 17.5 Å². The maximum atomic E-state index is 12.4. The third-order valence-corrected chi connectivity index (χ3v) is 5.94. The molecule has 0 bridgehead atoms. The molecule has 1 nitrogen and oxygen atoms in total. The maximum absolute atomic E-state index is 12.4. The first-order valence-electron chi connectivity index (χ1n) is 7.76. The molecule has 0 N–H and O–H groups in total. The zero-order chi connectivity index (χ0) is 16.6. The van der Waals surface area contributed by atoms with E-state index in [1.807, 2.05) is 25.6 Å². The Hall–Kier alpha value is 0.0200. The van der Waals surface area contributed by atoms with Crippen LogP contribution in [-0.2, 0) is 4.79 Å². The van der Waals surface area contributed by atoms with E-state index in [-0.39, 0.29) is 26.2 Å². The molecule has 0 saturated carbocycles. The molecule has 0 unspecified atom stereocenters. The van der Waals surface area contributed by atoms with Gasteiger partial charge >= 0.3 is 0 Å². The lowest BCUT2D eigenvalue weighted by molar-refractivity contribution is -0.132. The molecule has 0 atom stereocenters. The number of hydrogen-bond donors (Lipinski definition) is 0. The fourth-order valence-electron chi connectivity index (χ4n) is 3.09. The van der Waals surface area contributed by atoms with Gasteiger partial charge in [-0.15, -0.1) is 11.8 Å². The lowest BCUT2D eigenvalue weighted by Crippen LogP contribution is -2.44. The molecule has 0 fully saturated rings. The first-order chi connectivity index (χ1) is 8.52. The molecule has 0 heterocycles. The van der Waals surface area contributed by atoms with E-state index < -0.39 is 0 Å². The van der Waals surface area contributed by atoms with Gasteiger partial charge < -0.3 is 0 Å². The molecule has 0 aliphatic carbocycles. The van der Waals surface area contributed by atoms with Gasteiger partial charge in [0.05, 0.1) is 0 Å². The summed E-state index contributed by atoms with van der Waals surface area (Å²) in [6.45, 7) is 24.3. The number of carbonyl (C=O) groups excluding carboxylic acids is 1. The second kappa shape index (κ2) is 6.02. The van der Waals surface area contributed by atoms with Gasteiger partial charge in [0.25, 0.3) is 0 Å². The number of thioether (sulfide) groups is 1. The highest BCUT2D eigenvalue weighted by molar-refractivity contribution is 8.01. The van der Waals surface area contributed by atoms with E-state index in [4.69, 9.17) is 0 Å². The van der Waals surface area contributed by atoms with Gasteiger partial charge in [-0.25, -0.2) is 0 Å². The summed E-state index contributed by atoms with van der Waals surface area (Å²) < 4.78 is 0.354. The van der Waals surface area contributed by atoms with Crippen molar-refractivity contribution in [1.29, 1.82) is 0 Å². The van der Waals surface area contributed by atoms with Crippen LogP contribution in [-0.4, -0.2) is 15.3 Å². The molecule has 0 aliphatic heterocycles. The Morgan fingerprint density at radius 1 is 0.900 bits per heavy atom. The second-order valence-electron chi connectivity index (χ2n) is 9.19. The van der Waals surface area contributed by atoms with Gasteiger partial charge in [-0.3, -0.25) is 4.79 Å². The molecule has 0 aromatic carbocycles. The fraction of sp³-hybridized carbons (Fsp3) is 0.944. The Morgan fingerprint density at radius 2 is 1.30 bits per heavy atom. The number of Topliss-reactive ketones (excluding diaryl/α,β-unsaturated/α-hetero) is 1. The highest BCUT2D eigenvalue weighted by Gasteiger charge is 2.45. The summed E-state index contributed by atoms with van der Waals surface area (Å²) in [6, 6.07) is 0. The molecule has 120 valence electrons. The van der Waals surface area contributed by atoms with Gasteiger partial charge in [-0.1, -0.05) is 76.2 Å². The third kappa shape index (κ3) is 5.42. The summed E-state index contributed by atoms with van der Waals surface area (Å²) in [6.07, 6.45) is 0.924. The molecule has 2 heteroatoms. The molecule has 0 saturated heterocycles. The minimum atomic E-state index is -0.257. The molecule has 0 spiro atoms. The van der Waals surface area contributed by atoms with E-state index in [1.165, 1.54) is 0 Å². The SMILES string of the molecule is CC(C)C(=O)C(C)(C)CC(C)(C)C(C)(C)SC(C)(C)C. The van der Waals surface area contributed by atoms with Gasteiger partial charge in [-0.2, -0.15) is 0 Å². The van der Waals surface area contributed by atoms with Gasteiger partial charge in [0, 0.05) is 20.8 Å². The smallest absolute Gasteiger partial charge is 0.141 e. The Labute approximate surface area is 131 Å². The summed E-state index contributed by atoms with van der Waals surface area (Å²) in [7, 11) is 0. The lowest BCUT2D eigenvalue weighted by Gasteiger charge is -2.48. The number of ketones is 1. The van der Waals surface area contributed by atoms with Crippen LogP contribution in [0.25, 0.3) is 0 Å². The second-order valence-corrected chi connectivity index (χ2v) is 11.6. The normalized spacial score (nSPS) is 14.8. The van der Waals surface area contributed by atoms with Crippen LogP contribution in [0.2, 0.25) is 0 Å². The van der Waals surface area contributed by atoms with Crippen molar-refractivity contribution in [3.63, 3.8) is 0 Å². The Bertz CT molecular complexity index is 343. The van der Waals surface area contributed by atoms with E-state index in [9.17, 15) is 4.79 Å². The van der Waals surface area contributed by atoms with Crippen molar-refractivity contribution < 1.29 is 4.79 Å². The van der Waals surface area contributed by atoms with Crippen LogP contribution in [0.15, 0.2) is 0 Å². The Morgan fingerprint density at radius 3 is 1.60 bits per heavy atom. The van der Waals surface area contributed by atoms with Crippen molar-refractivity contribution in [2.45, 2.75) is 92.1 Å². The summed E-state index contributed by atoms with van der Waals surface area (Å²) in [5.74, 6) is 0.487. The highest BCUT2D eigenvalue weighted by atomic mass is 32.2. The number of carbonyl (C=O) groups is 1. The molecule has 0 aliphatic rings. The maximum Gasteiger partial charge on any atom is 0.141 e. The molecular formula is C18H36OS.